The normalized spacial score (nSPS) is 13.9. The number of thiocarbonyl (C=S) groups is 1. The summed E-state index contributed by atoms with van der Waals surface area (Å²) >= 11 is 21.3. The van der Waals surface area contributed by atoms with E-state index in [1.807, 2.05) is 0 Å². The van der Waals surface area contributed by atoms with Crippen LogP contribution in [-0.2, 0) is 9.47 Å². The third-order valence-electron chi connectivity index (χ3n) is 0.798. The number of halogens is 3. The Morgan fingerprint density at radius 1 is 1.46 bits per heavy atom. The van der Waals surface area contributed by atoms with Gasteiger partial charge in [0.2, 0.25) is 7.51 Å². The van der Waals surface area contributed by atoms with Gasteiger partial charge in [-0.1, -0.05) is 34.8 Å². The predicted molar refractivity (Wildman–Crippen MR) is 65.6 cm³/mol. The summed E-state index contributed by atoms with van der Waals surface area (Å²) in [5.41, 5.74) is 0. The lowest BCUT2D eigenvalue weighted by molar-refractivity contribution is -0.0424. The van der Waals surface area contributed by atoms with E-state index in [4.69, 9.17) is 56.5 Å². The number of methoxy groups -OCH3 is 1. The van der Waals surface area contributed by atoms with Crippen molar-refractivity contribution in [1.29, 1.82) is 0 Å². The van der Waals surface area contributed by atoms with Gasteiger partial charge in [-0.05, 0) is 40.7 Å². The Kier molecular flexibility index (Phi) is 7.57. The third-order valence-corrected chi connectivity index (χ3v) is 4.94. The van der Waals surface area contributed by atoms with E-state index in [2.05, 4.69) is 0 Å². The summed E-state index contributed by atoms with van der Waals surface area (Å²) in [5, 5.41) is 0. The molecule has 0 aliphatic carbocycles. The fraction of sp³-hybridized carbons (Fsp3) is 0.800. The van der Waals surface area contributed by atoms with Crippen LogP contribution in [0.3, 0.4) is 0 Å². The number of alkyl halides is 3. The van der Waals surface area contributed by atoms with Crippen LogP contribution in [0.25, 0.3) is 0 Å². The van der Waals surface area contributed by atoms with E-state index in [-0.39, 0.29) is 4.38 Å². The molecule has 78 valence electrons. The van der Waals surface area contributed by atoms with Gasteiger partial charge in [0.05, 0.1) is 0 Å². The molecular formula is C5H7Cl3O2S3. The van der Waals surface area contributed by atoms with Crippen molar-refractivity contribution in [3.63, 3.8) is 0 Å². The highest BCUT2D eigenvalue weighted by atomic mass is 35.6. The van der Waals surface area contributed by atoms with Crippen LogP contribution >= 0.6 is 68.6 Å². The number of hydrogen-bond acceptors (Lipinski definition) is 5. The molecule has 0 saturated heterocycles. The Morgan fingerprint density at radius 3 is 2.38 bits per heavy atom. The third kappa shape index (κ3) is 9.72. The molecule has 0 aromatic heterocycles. The van der Waals surface area contributed by atoms with Gasteiger partial charge in [0.1, 0.15) is 0 Å². The maximum atomic E-state index is 5.47. The lowest BCUT2D eigenvalue weighted by Gasteiger charge is -2.13. The quantitative estimate of drug-likeness (QED) is 0.338. The molecule has 0 radical (unpaired) electrons. The molecule has 0 aliphatic rings. The fourth-order valence-electron chi connectivity index (χ4n) is 0.285. The van der Waals surface area contributed by atoms with E-state index in [1.165, 1.54) is 7.11 Å². The zero-order chi connectivity index (χ0) is 10.5. The first kappa shape index (κ1) is 14.4. The first-order chi connectivity index (χ1) is 5.85. The van der Waals surface area contributed by atoms with Crippen molar-refractivity contribution >= 4 is 73.0 Å². The Labute approximate surface area is 105 Å². The fourth-order valence-corrected chi connectivity index (χ4v) is 2.52. The first-order valence-electron chi connectivity index (χ1n) is 3.01. The Morgan fingerprint density at radius 2 is 2.00 bits per heavy atom. The molecule has 0 aliphatic heterocycles. The van der Waals surface area contributed by atoms with Crippen LogP contribution in [0.15, 0.2) is 0 Å². The lowest BCUT2D eigenvalue weighted by atomic mass is 10.8. The monoisotopic (exact) mass is 300 g/mol. The molecule has 0 aromatic carbocycles. The molecular weight excluding hydrogens is 295 g/mol. The van der Waals surface area contributed by atoms with Gasteiger partial charge in [-0.3, -0.25) is 0 Å². The molecule has 0 spiro atoms. The van der Waals surface area contributed by atoms with Gasteiger partial charge in [-0.2, -0.15) is 0 Å². The minimum absolute atomic E-state index is 0.269. The lowest BCUT2D eigenvalue weighted by Crippen LogP contribution is -2.12. The van der Waals surface area contributed by atoms with Crippen molar-refractivity contribution in [2.24, 2.45) is 0 Å². The van der Waals surface area contributed by atoms with E-state index in [9.17, 15) is 0 Å². The average molecular weight is 302 g/mol. The van der Waals surface area contributed by atoms with Gasteiger partial charge in [-0.25, -0.2) is 0 Å². The van der Waals surface area contributed by atoms with E-state index < -0.39 is 9.41 Å². The van der Waals surface area contributed by atoms with Gasteiger partial charge in [0, 0.05) is 7.11 Å². The molecule has 13 heavy (non-hydrogen) atoms. The van der Waals surface area contributed by atoms with Gasteiger partial charge < -0.3 is 9.47 Å². The second-order valence-electron chi connectivity index (χ2n) is 1.78. The Bertz CT molecular complexity index is 173. The summed E-state index contributed by atoms with van der Waals surface area (Å²) in [6, 6.07) is 0. The molecule has 0 rings (SSSR count). The van der Waals surface area contributed by atoms with Crippen LogP contribution in [-0.4, -0.2) is 20.9 Å². The zero-order valence-corrected chi connectivity index (χ0v) is 11.5. The smallest absolute Gasteiger partial charge is 0.247 e. The van der Waals surface area contributed by atoms with E-state index in [1.54, 1.807) is 6.92 Å². The van der Waals surface area contributed by atoms with Crippen LogP contribution in [0.4, 0.5) is 0 Å². The molecule has 1 atom stereocenters. The summed E-state index contributed by atoms with van der Waals surface area (Å²) < 4.78 is 8.77. The van der Waals surface area contributed by atoms with E-state index in [0.717, 1.165) is 21.6 Å². The average Bonchev–Trinajstić information content (AvgIpc) is 1.99. The minimum atomic E-state index is -1.39. The molecule has 2 nitrogen and oxygen atoms in total. The second kappa shape index (κ2) is 6.82. The van der Waals surface area contributed by atoms with Crippen LogP contribution in [0.5, 0.6) is 0 Å². The molecule has 0 fully saturated rings. The number of rotatable bonds is 3. The zero-order valence-electron chi connectivity index (χ0n) is 6.75. The maximum Gasteiger partial charge on any atom is 0.247 e. The molecule has 0 aromatic rings. The van der Waals surface area contributed by atoms with Crippen LogP contribution in [0, 0.1) is 0 Å². The second-order valence-corrected chi connectivity index (χ2v) is 7.68. The largest absolute Gasteiger partial charge is 0.448 e. The van der Waals surface area contributed by atoms with Crippen molar-refractivity contribution in [1.82, 2.24) is 0 Å². The highest BCUT2D eigenvalue weighted by Crippen LogP contribution is 2.46. The summed E-state index contributed by atoms with van der Waals surface area (Å²) in [6.45, 7) is 1.72. The highest BCUT2D eigenvalue weighted by Gasteiger charge is 2.22. The first-order valence-corrected chi connectivity index (χ1v) is 6.70. The number of hydrogen-bond donors (Lipinski definition) is 0. The Hall–Kier alpha value is 1.42. The van der Waals surface area contributed by atoms with Crippen molar-refractivity contribution in [3.8, 4) is 0 Å². The van der Waals surface area contributed by atoms with Crippen molar-refractivity contribution in [3.05, 3.63) is 0 Å². The SMILES string of the molecule is COC(C)OC(=S)SSC(Cl)(Cl)Cl. The van der Waals surface area contributed by atoms with E-state index in [0.29, 0.717) is 0 Å². The van der Waals surface area contributed by atoms with Crippen LogP contribution < -0.4 is 0 Å². The van der Waals surface area contributed by atoms with Crippen molar-refractivity contribution in [2.45, 2.75) is 16.3 Å². The predicted octanol–water partition coefficient (Wildman–Crippen LogP) is 3.99. The van der Waals surface area contributed by atoms with Gasteiger partial charge in [0.25, 0.3) is 0 Å². The van der Waals surface area contributed by atoms with Gasteiger partial charge in [-0.15, -0.1) is 0 Å². The Balaban J connectivity index is 3.64. The van der Waals surface area contributed by atoms with Crippen molar-refractivity contribution in [2.75, 3.05) is 7.11 Å². The minimum Gasteiger partial charge on any atom is -0.448 e. The topological polar surface area (TPSA) is 18.5 Å². The molecule has 0 bridgehead atoms. The van der Waals surface area contributed by atoms with Gasteiger partial charge >= 0.3 is 0 Å². The molecule has 0 saturated carbocycles. The van der Waals surface area contributed by atoms with E-state index >= 15 is 0 Å². The van der Waals surface area contributed by atoms with Crippen LogP contribution in [0.1, 0.15) is 6.92 Å². The molecule has 1 unspecified atom stereocenters. The highest BCUT2D eigenvalue weighted by molar-refractivity contribution is 8.84. The van der Waals surface area contributed by atoms with Crippen molar-refractivity contribution < 1.29 is 9.47 Å². The summed E-state index contributed by atoms with van der Waals surface area (Å²) in [7, 11) is 3.58. The molecule has 0 N–H and O–H groups in total. The van der Waals surface area contributed by atoms with Crippen LogP contribution in [0.2, 0.25) is 0 Å². The summed E-state index contributed by atoms with van der Waals surface area (Å²) in [5.74, 6) is 0. The number of ether oxygens (including phenoxy) is 2. The molecule has 8 heteroatoms. The van der Waals surface area contributed by atoms with Gasteiger partial charge in [0.15, 0.2) is 6.29 Å². The molecule has 0 amide bonds. The molecule has 0 heterocycles. The summed E-state index contributed by atoms with van der Waals surface area (Å²) in [6.07, 6.45) is -0.393. The summed E-state index contributed by atoms with van der Waals surface area (Å²) in [4.78, 5) is 0. The maximum absolute atomic E-state index is 5.47. The standard InChI is InChI=1S/C5H7Cl3O2S3/c1-3(9-2)10-4(11)12-13-5(6,7)8/h3H,1-2H3.